The molecule has 1 aromatic carbocycles. The molecule has 1 aliphatic heterocycles. The standard InChI is InChI=1S/C15H16FN5O2S/c16-11-3-5-12(6-4-11)18-15(23)21-7-1-2-10(8-21)13(22)19-14-20-17-9-24-14/h3-6,9-10H,1-2,7-8H2,(H,18,23)(H,19,20,22)/t10-/m0/s1. The monoisotopic (exact) mass is 349 g/mol. The normalized spacial score (nSPS) is 17.4. The van der Waals surface area contributed by atoms with Crippen molar-refractivity contribution in [3.8, 4) is 0 Å². The molecule has 9 heteroatoms. The molecule has 1 saturated heterocycles. The number of anilines is 2. The molecule has 2 heterocycles. The number of nitrogens with one attached hydrogen (secondary N) is 2. The van der Waals surface area contributed by atoms with E-state index >= 15 is 0 Å². The van der Waals surface area contributed by atoms with Crippen molar-refractivity contribution in [1.29, 1.82) is 0 Å². The van der Waals surface area contributed by atoms with Gasteiger partial charge in [0.15, 0.2) is 0 Å². The minimum atomic E-state index is -0.362. The third-order valence-electron chi connectivity index (χ3n) is 3.77. The highest BCUT2D eigenvalue weighted by atomic mass is 32.1. The van der Waals surface area contributed by atoms with E-state index in [1.54, 1.807) is 10.4 Å². The zero-order valence-electron chi connectivity index (χ0n) is 12.7. The number of hydrogen-bond acceptors (Lipinski definition) is 5. The van der Waals surface area contributed by atoms with Gasteiger partial charge in [-0.15, -0.1) is 10.2 Å². The summed E-state index contributed by atoms with van der Waals surface area (Å²) in [6.07, 6.45) is 1.45. The summed E-state index contributed by atoms with van der Waals surface area (Å²) in [5.41, 5.74) is 2.06. The molecule has 0 unspecified atom stereocenters. The smallest absolute Gasteiger partial charge is 0.321 e. The minimum absolute atomic E-state index is 0.161. The van der Waals surface area contributed by atoms with Gasteiger partial charge in [-0.2, -0.15) is 0 Å². The number of benzene rings is 1. The van der Waals surface area contributed by atoms with Crippen molar-refractivity contribution in [3.63, 3.8) is 0 Å². The van der Waals surface area contributed by atoms with E-state index in [0.717, 1.165) is 6.42 Å². The fraction of sp³-hybridized carbons (Fsp3) is 0.333. The molecule has 1 atom stereocenters. The largest absolute Gasteiger partial charge is 0.324 e. The highest BCUT2D eigenvalue weighted by Crippen LogP contribution is 2.20. The number of hydrogen-bond donors (Lipinski definition) is 2. The van der Waals surface area contributed by atoms with Crippen LogP contribution in [0.15, 0.2) is 29.8 Å². The summed E-state index contributed by atoms with van der Waals surface area (Å²) in [6, 6.07) is 5.26. The average molecular weight is 349 g/mol. The van der Waals surface area contributed by atoms with E-state index in [9.17, 15) is 14.0 Å². The Morgan fingerprint density at radius 2 is 2.04 bits per heavy atom. The lowest BCUT2D eigenvalue weighted by molar-refractivity contribution is -0.121. The van der Waals surface area contributed by atoms with Gasteiger partial charge in [0.2, 0.25) is 11.0 Å². The Labute approximate surface area is 141 Å². The second kappa shape index (κ2) is 7.35. The molecule has 1 fully saturated rings. The molecule has 2 aromatic rings. The van der Waals surface area contributed by atoms with Crippen molar-refractivity contribution in [2.24, 2.45) is 5.92 Å². The summed E-state index contributed by atoms with van der Waals surface area (Å²) in [5, 5.41) is 13.3. The number of urea groups is 1. The first-order chi connectivity index (χ1) is 11.6. The second-order valence-corrected chi connectivity index (χ2v) is 6.29. The molecule has 0 spiro atoms. The summed E-state index contributed by atoms with van der Waals surface area (Å²) in [7, 11) is 0. The van der Waals surface area contributed by atoms with E-state index in [-0.39, 0.29) is 23.7 Å². The molecule has 0 bridgehead atoms. The predicted octanol–water partition coefficient (Wildman–Crippen LogP) is 2.56. The molecule has 2 N–H and O–H groups in total. The molecule has 1 aromatic heterocycles. The molecule has 3 rings (SSSR count). The number of likely N-dealkylation sites (tertiary alicyclic amines) is 1. The highest BCUT2D eigenvalue weighted by molar-refractivity contribution is 7.13. The number of aromatic nitrogens is 2. The lowest BCUT2D eigenvalue weighted by Crippen LogP contribution is -2.45. The number of rotatable bonds is 3. The van der Waals surface area contributed by atoms with Gasteiger partial charge in [-0.25, -0.2) is 9.18 Å². The third kappa shape index (κ3) is 4.05. The van der Waals surface area contributed by atoms with Gasteiger partial charge in [0.25, 0.3) is 0 Å². The summed E-state index contributed by atoms with van der Waals surface area (Å²) >= 11 is 1.25. The number of halogens is 1. The minimum Gasteiger partial charge on any atom is -0.324 e. The Bertz CT molecular complexity index is 707. The first-order valence-electron chi connectivity index (χ1n) is 7.50. The number of piperidine rings is 1. The lowest BCUT2D eigenvalue weighted by Gasteiger charge is -2.31. The van der Waals surface area contributed by atoms with Crippen LogP contribution in [0.2, 0.25) is 0 Å². The van der Waals surface area contributed by atoms with E-state index in [1.807, 2.05) is 0 Å². The van der Waals surface area contributed by atoms with E-state index in [1.165, 1.54) is 35.6 Å². The van der Waals surface area contributed by atoms with Crippen LogP contribution in [0, 0.1) is 11.7 Å². The maximum Gasteiger partial charge on any atom is 0.321 e. The molecule has 0 aliphatic carbocycles. The zero-order chi connectivity index (χ0) is 16.9. The summed E-state index contributed by atoms with van der Waals surface area (Å²) < 4.78 is 12.9. The summed E-state index contributed by atoms with van der Waals surface area (Å²) in [4.78, 5) is 26.2. The summed E-state index contributed by atoms with van der Waals surface area (Å²) in [5.74, 6) is -0.813. The second-order valence-electron chi connectivity index (χ2n) is 5.46. The predicted molar refractivity (Wildman–Crippen MR) is 88.3 cm³/mol. The van der Waals surface area contributed by atoms with Crippen molar-refractivity contribution in [2.75, 3.05) is 23.7 Å². The van der Waals surface area contributed by atoms with Crippen LogP contribution in [0.25, 0.3) is 0 Å². The van der Waals surface area contributed by atoms with E-state index in [2.05, 4.69) is 20.8 Å². The Kier molecular flexibility index (Phi) is 4.99. The van der Waals surface area contributed by atoms with Gasteiger partial charge < -0.3 is 15.5 Å². The number of carbonyl (C=O) groups excluding carboxylic acids is 2. The molecule has 1 aliphatic rings. The van der Waals surface area contributed by atoms with Gasteiger partial charge in [-0.1, -0.05) is 11.3 Å². The maximum absolute atomic E-state index is 12.9. The SMILES string of the molecule is O=C(Nc1nncs1)[C@H]1CCCN(C(=O)Nc2ccc(F)cc2)C1. The van der Waals surface area contributed by atoms with Crippen LogP contribution in [0.5, 0.6) is 0 Å². The van der Waals surface area contributed by atoms with Gasteiger partial charge in [0, 0.05) is 18.8 Å². The van der Waals surface area contributed by atoms with Crippen LogP contribution in [-0.2, 0) is 4.79 Å². The van der Waals surface area contributed by atoms with Crippen LogP contribution in [0.4, 0.5) is 20.0 Å². The Hall–Kier alpha value is -2.55. The zero-order valence-corrected chi connectivity index (χ0v) is 13.6. The highest BCUT2D eigenvalue weighted by Gasteiger charge is 2.28. The first kappa shape index (κ1) is 16.3. The van der Waals surface area contributed by atoms with Crippen LogP contribution in [0.1, 0.15) is 12.8 Å². The molecular formula is C15H16FN5O2S. The molecule has 3 amide bonds. The van der Waals surface area contributed by atoms with Crippen molar-refractivity contribution in [3.05, 3.63) is 35.6 Å². The Morgan fingerprint density at radius 1 is 1.25 bits per heavy atom. The lowest BCUT2D eigenvalue weighted by atomic mass is 9.97. The van der Waals surface area contributed by atoms with E-state index in [4.69, 9.17) is 0 Å². The fourth-order valence-electron chi connectivity index (χ4n) is 2.55. The first-order valence-corrected chi connectivity index (χ1v) is 8.38. The molecule has 0 radical (unpaired) electrons. The van der Waals surface area contributed by atoms with Crippen LogP contribution in [-0.4, -0.2) is 40.1 Å². The Balaban J connectivity index is 1.57. The van der Waals surface area contributed by atoms with Gasteiger partial charge in [-0.3, -0.25) is 4.79 Å². The van der Waals surface area contributed by atoms with Gasteiger partial charge in [-0.05, 0) is 37.1 Å². The molecular weight excluding hydrogens is 333 g/mol. The summed E-state index contributed by atoms with van der Waals surface area (Å²) in [6.45, 7) is 0.910. The fourth-order valence-corrected chi connectivity index (χ4v) is 2.99. The molecule has 0 saturated carbocycles. The number of nitrogens with zero attached hydrogens (tertiary/aromatic N) is 3. The topological polar surface area (TPSA) is 87.2 Å². The van der Waals surface area contributed by atoms with E-state index < -0.39 is 0 Å². The van der Waals surface area contributed by atoms with Crippen LogP contribution < -0.4 is 10.6 Å². The van der Waals surface area contributed by atoms with Crippen molar-refractivity contribution < 1.29 is 14.0 Å². The van der Waals surface area contributed by atoms with E-state index in [0.29, 0.717) is 30.3 Å². The molecule has 7 nitrogen and oxygen atoms in total. The molecule has 126 valence electrons. The van der Waals surface area contributed by atoms with Crippen molar-refractivity contribution in [2.45, 2.75) is 12.8 Å². The van der Waals surface area contributed by atoms with Crippen molar-refractivity contribution in [1.82, 2.24) is 15.1 Å². The third-order valence-corrected chi connectivity index (χ3v) is 4.37. The van der Waals surface area contributed by atoms with Crippen LogP contribution in [0.3, 0.4) is 0 Å². The maximum atomic E-state index is 12.9. The van der Waals surface area contributed by atoms with Gasteiger partial charge in [0.1, 0.15) is 11.3 Å². The number of carbonyl (C=O) groups is 2. The average Bonchev–Trinajstić information content (AvgIpc) is 3.10. The van der Waals surface area contributed by atoms with Crippen LogP contribution >= 0.6 is 11.3 Å². The Morgan fingerprint density at radius 3 is 2.75 bits per heavy atom. The van der Waals surface area contributed by atoms with Gasteiger partial charge >= 0.3 is 6.03 Å². The quantitative estimate of drug-likeness (QED) is 0.891. The van der Waals surface area contributed by atoms with Crippen molar-refractivity contribution >= 4 is 34.1 Å². The molecule has 24 heavy (non-hydrogen) atoms. The number of amides is 3. The van der Waals surface area contributed by atoms with Gasteiger partial charge in [0.05, 0.1) is 5.92 Å².